The summed E-state index contributed by atoms with van der Waals surface area (Å²) >= 11 is 5.46. The minimum atomic E-state index is -0.944. The van der Waals surface area contributed by atoms with Gasteiger partial charge in [0.25, 0.3) is 0 Å². The second-order valence-corrected chi connectivity index (χ2v) is 9.28. The number of hydroxylamine groups is 1. The Kier molecular flexibility index (Phi) is 17.2. The Morgan fingerprint density at radius 3 is 2.32 bits per heavy atom. The zero-order chi connectivity index (χ0) is 28.5. The van der Waals surface area contributed by atoms with Crippen molar-refractivity contribution in [2.24, 2.45) is 0 Å². The van der Waals surface area contributed by atoms with Crippen LogP contribution in [0.1, 0.15) is 59.3 Å². The van der Waals surface area contributed by atoms with Crippen molar-refractivity contribution in [1.82, 2.24) is 10.8 Å². The summed E-state index contributed by atoms with van der Waals surface area (Å²) in [6, 6.07) is -0.239. The number of ether oxygens (including phenoxy) is 7. The van der Waals surface area contributed by atoms with Gasteiger partial charge >= 0.3 is 17.9 Å². The molecule has 0 aromatic heterocycles. The molecule has 3 N–H and O–H groups in total. The van der Waals surface area contributed by atoms with Crippen molar-refractivity contribution in [1.29, 1.82) is 0 Å². The summed E-state index contributed by atoms with van der Waals surface area (Å²) in [6.07, 6.45) is -0.486. The minimum absolute atomic E-state index is 0.143. The molecule has 0 spiro atoms. The molecule has 0 aromatic rings. The molecule has 1 heterocycles. The average molecular weight is 567 g/mol. The van der Waals surface area contributed by atoms with Gasteiger partial charge in [-0.05, 0) is 32.1 Å². The highest BCUT2D eigenvalue weighted by Crippen LogP contribution is 2.27. The lowest BCUT2D eigenvalue weighted by Gasteiger charge is -2.39. The first-order valence-corrected chi connectivity index (χ1v) is 13.0. The second-order valence-electron chi connectivity index (χ2n) is 8.79. The fourth-order valence-corrected chi connectivity index (χ4v) is 4.23. The second kappa shape index (κ2) is 19.2. The summed E-state index contributed by atoms with van der Waals surface area (Å²) in [5.74, 6) is -1.66. The highest BCUT2D eigenvalue weighted by Gasteiger charge is 2.44. The number of carbonyl (C=O) groups is 3. The van der Waals surface area contributed by atoms with E-state index in [1.807, 2.05) is 0 Å². The lowest BCUT2D eigenvalue weighted by molar-refractivity contribution is -0.266. The summed E-state index contributed by atoms with van der Waals surface area (Å²) < 4.78 is 37.8. The monoisotopic (exact) mass is 566 g/mol. The number of unbranched alkanes of at least 4 members (excludes halogenated alkanes) is 1. The fraction of sp³-hybridized carbons (Fsp3) is 0.833. The van der Waals surface area contributed by atoms with Crippen molar-refractivity contribution < 1.29 is 52.7 Å². The number of methoxy groups -OCH3 is 2. The molecule has 0 aromatic carbocycles. The highest BCUT2D eigenvalue weighted by atomic mass is 32.1. The van der Waals surface area contributed by atoms with Gasteiger partial charge in [0.1, 0.15) is 25.0 Å². The number of hydrogen-bond acceptors (Lipinski definition) is 13. The molecule has 0 amide bonds. The summed E-state index contributed by atoms with van der Waals surface area (Å²) in [7, 11) is 3.12. The molecular formula is C24H42N2O11S. The highest BCUT2D eigenvalue weighted by molar-refractivity contribution is 7.80. The third-order valence-corrected chi connectivity index (χ3v) is 5.93. The van der Waals surface area contributed by atoms with E-state index in [1.165, 1.54) is 27.9 Å². The van der Waals surface area contributed by atoms with Gasteiger partial charge in [-0.15, -0.1) is 0 Å². The SMILES string of the molecule is COCCCC(NC(=S)CCCCOC1CC(OC(C)=O)C(OC(C)=O)C(COC(C)=O)O1)C(NO)OC. The maximum Gasteiger partial charge on any atom is 0.303 e. The summed E-state index contributed by atoms with van der Waals surface area (Å²) in [6.45, 7) is 4.44. The van der Waals surface area contributed by atoms with Crippen molar-refractivity contribution in [3.63, 3.8) is 0 Å². The van der Waals surface area contributed by atoms with Crippen LogP contribution in [0.2, 0.25) is 0 Å². The summed E-state index contributed by atoms with van der Waals surface area (Å²) in [5.41, 5.74) is 2.14. The molecule has 13 nitrogen and oxygen atoms in total. The Bertz CT molecular complexity index is 738. The first-order valence-electron chi connectivity index (χ1n) is 12.6. The standard InChI is InChI=1S/C24H42N2O11S/c1-15(27)34-14-20-23(36-17(3)29)19(35-16(2)28)13-22(37-20)33-12-7-6-10-21(38)25-18(9-8-11-31-4)24(26-30)32-5/h18-20,22-24,26,30H,6-14H2,1-5H3,(H,25,38). The predicted molar refractivity (Wildman–Crippen MR) is 137 cm³/mol. The first kappa shape index (κ1) is 34.1. The van der Waals surface area contributed by atoms with Crippen LogP contribution in [0.5, 0.6) is 0 Å². The largest absolute Gasteiger partial charge is 0.463 e. The molecule has 1 aliphatic rings. The maximum atomic E-state index is 11.6. The lowest BCUT2D eigenvalue weighted by atomic mass is 10.0. The molecule has 220 valence electrons. The van der Waals surface area contributed by atoms with Crippen LogP contribution in [0.15, 0.2) is 0 Å². The Balaban J connectivity index is 2.59. The molecular weight excluding hydrogens is 524 g/mol. The molecule has 1 rings (SSSR count). The van der Waals surface area contributed by atoms with Gasteiger partial charge < -0.3 is 43.7 Å². The van der Waals surface area contributed by atoms with Gasteiger partial charge in [-0.25, -0.2) is 0 Å². The van der Waals surface area contributed by atoms with Gasteiger partial charge in [-0.1, -0.05) is 12.2 Å². The molecule has 14 heteroatoms. The van der Waals surface area contributed by atoms with Crippen LogP contribution < -0.4 is 10.8 Å². The number of nitrogens with one attached hydrogen (secondary N) is 2. The van der Waals surface area contributed by atoms with Gasteiger partial charge in [0.05, 0.1) is 11.0 Å². The number of thiocarbonyl (C=S) groups is 1. The van der Waals surface area contributed by atoms with Gasteiger partial charge in [0, 0.05) is 54.6 Å². The topological polar surface area (TPSA) is 160 Å². The zero-order valence-electron chi connectivity index (χ0n) is 22.8. The smallest absolute Gasteiger partial charge is 0.303 e. The van der Waals surface area contributed by atoms with Crippen molar-refractivity contribution in [3.8, 4) is 0 Å². The lowest BCUT2D eigenvalue weighted by Crippen LogP contribution is -2.54. The van der Waals surface area contributed by atoms with E-state index in [2.05, 4.69) is 10.8 Å². The van der Waals surface area contributed by atoms with E-state index >= 15 is 0 Å². The molecule has 0 radical (unpaired) electrons. The summed E-state index contributed by atoms with van der Waals surface area (Å²) in [5, 5.41) is 12.6. The van der Waals surface area contributed by atoms with Crippen LogP contribution in [0.4, 0.5) is 0 Å². The molecule has 0 saturated carbocycles. The Morgan fingerprint density at radius 2 is 1.74 bits per heavy atom. The van der Waals surface area contributed by atoms with E-state index in [-0.39, 0.29) is 19.1 Å². The fourth-order valence-electron chi connectivity index (χ4n) is 3.94. The summed E-state index contributed by atoms with van der Waals surface area (Å²) in [4.78, 5) is 35.2. The first-order chi connectivity index (χ1) is 18.1. The van der Waals surface area contributed by atoms with E-state index in [0.717, 1.165) is 6.42 Å². The molecule has 6 atom stereocenters. The van der Waals surface area contributed by atoms with Crippen LogP contribution in [0.25, 0.3) is 0 Å². The number of esters is 3. The van der Waals surface area contributed by atoms with Gasteiger partial charge in [0.15, 0.2) is 12.4 Å². The number of carbonyl (C=O) groups excluding carboxylic acids is 3. The van der Waals surface area contributed by atoms with E-state index < -0.39 is 48.7 Å². The van der Waals surface area contributed by atoms with E-state index in [0.29, 0.717) is 43.9 Å². The van der Waals surface area contributed by atoms with Gasteiger partial charge in [0.2, 0.25) is 0 Å². The molecule has 0 aliphatic carbocycles. The normalized spacial score (nSPS) is 22.7. The molecule has 0 bridgehead atoms. The van der Waals surface area contributed by atoms with Gasteiger partial charge in [-0.2, -0.15) is 5.48 Å². The maximum absolute atomic E-state index is 11.6. The Hall–Kier alpha value is -1.94. The third kappa shape index (κ3) is 13.7. The van der Waals surface area contributed by atoms with Crippen molar-refractivity contribution >= 4 is 35.1 Å². The number of hydrogen-bond donors (Lipinski definition) is 3. The van der Waals surface area contributed by atoms with Crippen LogP contribution in [0.3, 0.4) is 0 Å². The molecule has 38 heavy (non-hydrogen) atoms. The van der Waals surface area contributed by atoms with E-state index in [4.69, 9.17) is 45.4 Å². The quantitative estimate of drug-likeness (QED) is 0.0545. The van der Waals surface area contributed by atoms with Crippen LogP contribution in [-0.2, 0) is 47.5 Å². The number of rotatable bonds is 18. The molecule has 6 unspecified atom stereocenters. The van der Waals surface area contributed by atoms with Crippen molar-refractivity contribution in [2.45, 2.75) is 96.2 Å². The predicted octanol–water partition coefficient (Wildman–Crippen LogP) is 1.38. The van der Waals surface area contributed by atoms with E-state index in [1.54, 1.807) is 7.11 Å². The van der Waals surface area contributed by atoms with Crippen molar-refractivity contribution in [2.75, 3.05) is 34.0 Å². The zero-order valence-corrected chi connectivity index (χ0v) is 23.6. The molecule has 1 saturated heterocycles. The van der Waals surface area contributed by atoms with Gasteiger partial charge in [-0.3, -0.25) is 14.4 Å². The van der Waals surface area contributed by atoms with Crippen LogP contribution in [0, 0.1) is 0 Å². The Morgan fingerprint density at radius 1 is 1.03 bits per heavy atom. The third-order valence-electron chi connectivity index (χ3n) is 5.61. The van der Waals surface area contributed by atoms with Crippen LogP contribution in [-0.4, -0.2) is 99.0 Å². The van der Waals surface area contributed by atoms with Crippen LogP contribution >= 0.6 is 12.2 Å². The van der Waals surface area contributed by atoms with Crippen molar-refractivity contribution in [3.05, 3.63) is 0 Å². The Labute approximate surface area is 229 Å². The minimum Gasteiger partial charge on any atom is -0.463 e. The van der Waals surface area contributed by atoms with E-state index in [9.17, 15) is 19.6 Å². The average Bonchev–Trinajstić information content (AvgIpc) is 2.84. The molecule has 1 aliphatic heterocycles. The molecule has 1 fully saturated rings.